The Morgan fingerprint density at radius 2 is 2.11 bits per heavy atom. The fourth-order valence-electron chi connectivity index (χ4n) is 3.15. The molecular formula is C19H23N3O4S. The highest BCUT2D eigenvalue weighted by Gasteiger charge is 2.33. The lowest BCUT2D eigenvalue weighted by molar-refractivity contribution is -0.116. The molecule has 1 aromatic carbocycles. The van der Waals surface area contributed by atoms with E-state index in [1.54, 1.807) is 13.2 Å². The lowest BCUT2D eigenvalue weighted by Crippen LogP contribution is -2.31. The molecule has 2 heterocycles. The smallest absolute Gasteiger partial charge is 0.257 e. The second-order valence-electron chi connectivity index (χ2n) is 6.10. The van der Waals surface area contributed by atoms with E-state index in [0.717, 1.165) is 17.7 Å². The third-order valence-corrected chi connectivity index (χ3v) is 5.34. The summed E-state index contributed by atoms with van der Waals surface area (Å²) in [5.74, 6) is 1.65. The van der Waals surface area contributed by atoms with Gasteiger partial charge >= 0.3 is 0 Å². The molecule has 0 spiro atoms. The van der Waals surface area contributed by atoms with Crippen LogP contribution in [0, 0.1) is 0 Å². The molecule has 8 heteroatoms. The van der Waals surface area contributed by atoms with Crippen molar-refractivity contribution in [2.75, 3.05) is 24.8 Å². The van der Waals surface area contributed by atoms with Crippen molar-refractivity contribution in [1.29, 1.82) is 0 Å². The minimum atomic E-state index is -0.452. The maximum atomic E-state index is 12.8. The Labute approximate surface area is 161 Å². The lowest BCUT2D eigenvalue weighted by Gasteiger charge is -2.26. The number of methoxy groups -OCH3 is 1. The Morgan fingerprint density at radius 1 is 1.30 bits per heavy atom. The first-order chi connectivity index (χ1) is 13.1. The van der Waals surface area contributed by atoms with Gasteiger partial charge < -0.3 is 19.8 Å². The average molecular weight is 389 g/mol. The van der Waals surface area contributed by atoms with Gasteiger partial charge in [0.15, 0.2) is 16.7 Å². The van der Waals surface area contributed by atoms with Gasteiger partial charge in [-0.2, -0.15) is 0 Å². The van der Waals surface area contributed by atoms with E-state index in [1.807, 2.05) is 19.1 Å². The summed E-state index contributed by atoms with van der Waals surface area (Å²) >= 11 is 1.46. The van der Waals surface area contributed by atoms with Crippen molar-refractivity contribution in [3.63, 3.8) is 0 Å². The first-order valence-electron chi connectivity index (χ1n) is 8.95. The van der Waals surface area contributed by atoms with E-state index in [4.69, 9.17) is 9.47 Å². The van der Waals surface area contributed by atoms with E-state index < -0.39 is 5.92 Å². The Bertz CT molecular complexity index is 897. The number of aromatic nitrogens is 2. The molecule has 1 aliphatic heterocycles. The predicted octanol–water partition coefficient (Wildman–Crippen LogP) is 3.15. The van der Waals surface area contributed by atoms with Crippen molar-refractivity contribution in [1.82, 2.24) is 9.97 Å². The van der Waals surface area contributed by atoms with Gasteiger partial charge in [-0.25, -0.2) is 4.98 Å². The first kappa shape index (κ1) is 19.3. The first-order valence-corrected chi connectivity index (χ1v) is 9.94. The van der Waals surface area contributed by atoms with Crippen LogP contribution in [0.5, 0.6) is 11.5 Å². The van der Waals surface area contributed by atoms with Gasteiger partial charge in [0.1, 0.15) is 5.82 Å². The number of ether oxygens (including phenoxy) is 2. The Morgan fingerprint density at radius 3 is 2.81 bits per heavy atom. The number of nitrogens with zero attached hydrogens (tertiary/aromatic N) is 1. The van der Waals surface area contributed by atoms with Gasteiger partial charge in [0.05, 0.1) is 19.3 Å². The van der Waals surface area contributed by atoms with E-state index >= 15 is 0 Å². The van der Waals surface area contributed by atoms with Crippen molar-refractivity contribution in [3.8, 4) is 11.5 Å². The van der Waals surface area contributed by atoms with Crippen LogP contribution in [0.3, 0.4) is 0 Å². The standard InChI is InChI=1S/C19H23N3O4S/c1-4-9-27-19-21-17-15(18(24)22-19)12(10-14(23)20-17)11-7-6-8-13(25-3)16(11)26-5-2/h6-8,12H,4-5,9-10H2,1-3H3,(H2,20,21,22,23,24)/t12-/m1/s1. The summed E-state index contributed by atoms with van der Waals surface area (Å²) in [7, 11) is 1.56. The zero-order valence-corrected chi connectivity index (χ0v) is 16.4. The lowest BCUT2D eigenvalue weighted by atomic mass is 9.86. The van der Waals surface area contributed by atoms with Crippen molar-refractivity contribution >= 4 is 23.5 Å². The minimum absolute atomic E-state index is 0.145. The highest BCUT2D eigenvalue weighted by atomic mass is 32.2. The molecule has 0 saturated carbocycles. The normalized spacial score (nSPS) is 15.8. The predicted molar refractivity (Wildman–Crippen MR) is 105 cm³/mol. The quantitative estimate of drug-likeness (QED) is 0.558. The molecule has 0 aliphatic carbocycles. The molecule has 1 aliphatic rings. The molecule has 0 unspecified atom stereocenters. The van der Waals surface area contributed by atoms with E-state index in [2.05, 4.69) is 22.2 Å². The number of hydrogen-bond acceptors (Lipinski definition) is 6. The zero-order chi connectivity index (χ0) is 19.4. The van der Waals surface area contributed by atoms with Crippen LogP contribution in [0.4, 0.5) is 5.82 Å². The number of aromatic amines is 1. The number of carbonyl (C=O) groups is 1. The second kappa shape index (κ2) is 8.47. The molecule has 1 atom stereocenters. The summed E-state index contributed by atoms with van der Waals surface area (Å²) in [6.07, 6.45) is 1.11. The van der Waals surface area contributed by atoms with Gasteiger partial charge in [0.2, 0.25) is 5.91 Å². The van der Waals surface area contributed by atoms with Crippen molar-refractivity contribution in [2.24, 2.45) is 0 Å². The van der Waals surface area contributed by atoms with Crippen LogP contribution >= 0.6 is 11.8 Å². The van der Waals surface area contributed by atoms with E-state index in [1.165, 1.54) is 11.8 Å². The van der Waals surface area contributed by atoms with Crippen molar-refractivity contribution < 1.29 is 14.3 Å². The maximum Gasteiger partial charge on any atom is 0.257 e. The van der Waals surface area contributed by atoms with Gasteiger partial charge in [-0.1, -0.05) is 30.8 Å². The van der Waals surface area contributed by atoms with Crippen LogP contribution in [-0.4, -0.2) is 35.3 Å². The third kappa shape index (κ3) is 3.95. The summed E-state index contributed by atoms with van der Waals surface area (Å²) in [6, 6.07) is 5.49. The van der Waals surface area contributed by atoms with Crippen LogP contribution in [0.15, 0.2) is 28.2 Å². The Hall–Kier alpha value is -2.48. The molecule has 0 radical (unpaired) electrons. The maximum absolute atomic E-state index is 12.8. The fraction of sp³-hybridized carbons (Fsp3) is 0.421. The molecule has 0 saturated heterocycles. The number of amides is 1. The molecule has 144 valence electrons. The number of benzene rings is 1. The van der Waals surface area contributed by atoms with Gasteiger partial charge in [-0.15, -0.1) is 0 Å². The minimum Gasteiger partial charge on any atom is -0.493 e. The van der Waals surface area contributed by atoms with E-state index in [0.29, 0.717) is 34.6 Å². The van der Waals surface area contributed by atoms with Gasteiger partial charge in [-0.05, 0) is 19.4 Å². The van der Waals surface area contributed by atoms with Crippen LogP contribution in [0.1, 0.15) is 43.7 Å². The summed E-state index contributed by atoms with van der Waals surface area (Å²) in [4.78, 5) is 32.5. The SMILES string of the molecule is CCCSc1nc2c(c(=O)[nH]1)[C@@H](c1cccc(OC)c1OCC)CC(=O)N2. The van der Waals surface area contributed by atoms with Crippen LogP contribution < -0.4 is 20.3 Å². The third-order valence-electron chi connectivity index (χ3n) is 4.27. The average Bonchev–Trinajstić information content (AvgIpc) is 2.65. The number of carbonyl (C=O) groups excluding carboxylic acids is 1. The molecule has 2 N–H and O–H groups in total. The van der Waals surface area contributed by atoms with Gasteiger partial charge in [0, 0.05) is 23.7 Å². The van der Waals surface area contributed by atoms with Crippen LogP contribution in [0.25, 0.3) is 0 Å². The Balaban J connectivity index is 2.12. The highest BCUT2D eigenvalue weighted by molar-refractivity contribution is 7.99. The van der Waals surface area contributed by atoms with Gasteiger partial charge in [0.25, 0.3) is 5.56 Å². The highest BCUT2D eigenvalue weighted by Crippen LogP contribution is 2.42. The number of fused-ring (bicyclic) bond motifs is 1. The molecule has 7 nitrogen and oxygen atoms in total. The van der Waals surface area contributed by atoms with E-state index in [9.17, 15) is 9.59 Å². The number of nitrogens with one attached hydrogen (secondary N) is 2. The molecule has 2 aromatic rings. The largest absolute Gasteiger partial charge is 0.493 e. The molecule has 1 amide bonds. The molecule has 3 rings (SSSR count). The van der Waals surface area contributed by atoms with Gasteiger partial charge in [-0.3, -0.25) is 9.59 Å². The molecule has 0 bridgehead atoms. The van der Waals surface area contributed by atoms with Crippen molar-refractivity contribution in [3.05, 3.63) is 39.7 Å². The zero-order valence-electron chi connectivity index (χ0n) is 15.6. The van der Waals surface area contributed by atoms with Crippen LogP contribution in [0.2, 0.25) is 0 Å². The summed E-state index contributed by atoms with van der Waals surface area (Å²) in [5.41, 5.74) is 0.951. The topological polar surface area (TPSA) is 93.3 Å². The summed E-state index contributed by atoms with van der Waals surface area (Å²) < 4.78 is 11.2. The molecular weight excluding hydrogens is 366 g/mol. The number of para-hydroxylation sites is 1. The number of anilines is 1. The Kier molecular flexibility index (Phi) is 6.05. The number of rotatable bonds is 7. The summed E-state index contributed by atoms with van der Waals surface area (Å²) in [5, 5.41) is 3.25. The number of H-pyrrole nitrogens is 1. The van der Waals surface area contributed by atoms with Crippen molar-refractivity contribution in [2.45, 2.75) is 37.8 Å². The molecule has 1 aromatic heterocycles. The second-order valence-corrected chi connectivity index (χ2v) is 7.18. The molecule has 0 fully saturated rings. The molecule has 27 heavy (non-hydrogen) atoms. The van der Waals surface area contributed by atoms with Crippen LogP contribution in [-0.2, 0) is 4.79 Å². The summed E-state index contributed by atoms with van der Waals surface area (Å²) in [6.45, 7) is 4.38. The van der Waals surface area contributed by atoms with E-state index in [-0.39, 0.29) is 17.9 Å². The monoisotopic (exact) mass is 389 g/mol. The number of hydrogen-bond donors (Lipinski definition) is 2. The fourth-order valence-corrected chi connectivity index (χ4v) is 3.87. The number of thioether (sulfide) groups is 1.